The van der Waals surface area contributed by atoms with Crippen LogP contribution in [0.3, 0.4) is 0 Å². The van der Waals surface area contributed by atoms with Gasteiger partial charge in [0.25, 0.3) is 5.91 Å². The minimum Gasteiger partial charge on any atom is -0.496 e. The van der Waals surface area contributed by atoms with E-state index in [9.17, 15) is 14.0 Å². The Morgan fingerprint density at radius 1 is 1.24 bits per heavy atom. The minimum atomic E-state index is -0.425. The van der Waals surface area contributed by atoms with E-state index in [1.165, 1.54) is 30.2 Å². The predicted octanol–water partition coefficient (Wildman–Crippen LogP) is 3.81. The monoisotopic (exact) mass is 539 g/mol. The van der Waals surface area contributed by atoms with Crippen LogP contribution in [-0.4, -0.2) is 59.6 Å². The summed E-state index contributed by atoms with van der Waals surface area (Å²) in [7, 11) is 1.48. The van der Waals surface area contributed by atoms with Crippen molar-refractivity contribution >= 4 is 29.4 Å². The second-order valence-corrected chi connectivity index (χ2v) is 9.59. The van der Waals surface area contributed by atoms with E-state index in [2.05, 4.69) is 20.6 Å². The van der Waals surface area contributed by atoms with Crippen molar-refractivity contribution < 1.29 is 23.5 Å². The van der Waals surface area contributed by atoms with E-state index < -0.39 is 5.82 Å². The molecule has 0 unspecified atom stereocenters. The van der Waals surface area contributed by atoms with Crippen LogP contribution < -0.4 is 15.4 Å². The molecule has 0 spiro atoms. The van der Waals surface area contributed by atoms with Crippen molar-refractivity contribution in [3.05, 3.63) is 70.1 Å². The van der Waals surface area contributed by atoms with E-state index >= 15 is 0 Å². The first-order chi connectivity index (χ1) is 18.4. The van der Waals surface area contributed by atoms with Crippen molar-refractivity contribution in [3.63, 3.8) is 0 Å². The number of anilines is 1. The first-order valence-corrected chi connectivity index (χ1v) is 12.7. The number of methoxy groups -OCH3 is 1. The van der Waals surface area contributed by atoms with Crippen molar-refractivity contribution in [1.82, 2.24) is 20.2 Å². The summed E-state index contributed by atoms with van der Waals surface area (Å²) in [6, 6.07) is 9.78. The number of halogens is 2. The SMILES string of the molecule is COc1ccc(F)cc1CNC(=O)CN1Cc2ccc(-c3nc(NC4CCOCC4)ncc3Cl)cc2C1=O. The molecule has 198 valence electrons. The Balaban J connectivity index is 1.25. The molecular formula is C27H27ClFN5O4. The highest BCUT2D eigenvalue weighted by atomic mass is 35.5. The summed E-state index contributed by atoms with van der Waals surface area (Å²) in [5.41, 5.74) is 3.02. The third kappa shape index (κ3) is 5.71. The fourth-order valence-electron chi connectivity index (χ4n) is 4.61. The van der Waals surface area contributed by atoms with Crippen LogP contribution in [-0.2, 0) is 22.6 Å². The van der Waals surface area contributed by atoms with Crippen LogP contribution in [0.1, 0.15) is 34.3 Å². The maximum absolute atomic E-state index is 13.6. The quantitative estimate of drug-likeness (QED) is 0.448. The Hall–Kier alpha value is -3.76. The van der Waals surface area contributed by atoms with Gasteiger partial charge in [-0.3, -0.25) is 9.59 Å². The highest BCUT2D eigenvalue weighted by Crippen LogP contribution is 2.31. The van der Waals surface area contributed by atoms with Crippen LogP contribution in [0.15, 0.2) is 42.6 Å². The van der Waals surface area contributed by atoms with Crippen molar-refractivity contribution in [2.75, 3.05) is 32.2 Å². The van der Waals surface area contributed by atoms with Crippen molar-refractivity contribution in [2.45, 2.75) is 32.0 Å². The molecule has 2 N–H and O–H groups in total. The Kier molecular flexibility index (Phi) is 7.71. The Labute approximate surface area is 224 Å². The summed E-state index contributed by atoms with van der Waals surface area (Å²) >= 11 is 6.42. The lowest BCUT2D eigenvalue weighted by atomic mass is 10.0. The third-order valence-electron chi connectivity index (χ3n) is 6.61. The molecule has 38 heavy (non-hydrogen) atoms. The van der Waals surface area contributed by atoms with Crippen molar-refractivity contribution in [3.8, 4) is 17.0 Å². The fraction of sp³-hybridized carbons (Fsp3) is 0.333. The van der Waals surface area contributed by atoms with E-state index in [0.29, 0.717) is 58.9 Å². The number of aromatic nitrogens is 2. The van der Waals surface area contributed by atoms with Crippen LogP contribution in [0, 0.1) is 5.82 Å². The molecule has 5 rings (SSSR count). The topological polar surface area (TPSA) is 106 Å². The van der Waals surface area contributed by atoms with Gasteiger partial charge >= 0.3 is 0 Å². The highest BCUT2D eigenvalue weighted by Gasteiger charge is 2.29. The minimum absolute atomic E-state index is 0.0787. The van der Waals surface area contributed by atoms with Gasteiger partial charge < -0.3 is 25.0 Å². The molecule has 2 amide bonds. The number of hydrogen-bond acceptors (Lipinski definition) is 7. The zero-order chi connectivity index (χ0) is 26.6. The van der Waals surface area contributed by atoms with Gasteiger partial charge in [0.2, 0.25) is 11.9 Å². The molecule has 0 radical (unpaired) electrons. The van der Waals surface area contributed by atoms with Gasteiger partial charge in [-0.25, -0.2) is 14.4 Å². The lowest BCUT2D eigenvalue weighted by Crippen LogP contribution is -2.37. The molecule has 1 saturated heterocycles. The smallest absolute Gasteiger partial charge is 0.254 e. The van der Waals surface area contributed by atoms with Crippen LogP contribution in [0.2, 0.25) is 5.02 Å². The number of nitrogens with one attached hydrogen (secondary N) is 2. The number of carbonyl (C=O) groups is 2. The fourth-order valence-corrected chi connectivity index (χ4v) is 4.81. The molecule has 0 atom stereocenters. The predicted molar refractivity (Wildman–Crippen MR) is 139 cm³/mol. The van der Waals surface area contributed by atoms with Crippen LogP contribution >= 0.6 is 11.6 Å². The molecule has 1 aromatic heterocycles. The molecular weight excluding hydrogens is 513 g/mol. The molecule has 3 heterocycles. The molecule has 3 aromatic rings. The maximum atomic E-state index is 13.6. The second kappa shape index (κ2) is 11.3. The summed E-state index contributed by atoms with van der Waals surface area (Å²) in [4.78, 5) is 36.1. The number of hydrogen-bond donors (Lipinski definition) is 2. The second-order valence-electron chi connectivity index (χ2n) is 9.19. The third-order valence-corrected chi connectivity index (χ3v) is 6.89. The molecule has 0 saturated carbocycles. The zero-order valence-corrected chi connectivity index (χ0v) is 21.6. The highest BCUT2D eigenvalue weighted by molar-refractivity contribution is 6.33. The van der Waals surface area contributed by atoms with Gasteiger partial charge in [-0.15, -0.1) is 0 Å². The van der Waals surface area contributed by atoms with E-state index in [-0.39, 0.29) is 30.9 Å². The van der Waals surface area contributed by atoms with Gasteiger partial charge in [0, 0.05) is 49.0 Å². The summed E-state index contributed by atoms with van der Waals surface area (Å²) < 4.78 is 24.2. The lowest BCUT2D eigenvalue weighted by molar-refractivity contribution is -0.122. The Morgan fingerprint density at radius 3 is 2.84 bits per heavy atom. The largest absolute Gasteiger partial charge is 0.496 e. The zero-order valence-electron chi connectivity index (χ0n) is 20.8. The first kappa shape index (κ1) is 25.9. The van der Waals surface area contributed by atoms with Gasteiger partial charge in [-0.05, 0) is 42.7 Å². The van der Waals surface area contributed by atoms with Crippen LogP contribution in [0.5, 0.6) is 5.75 Å². The number of rotatable bonds is 8. The molecule has 2 aliphatic heterocycles. The molecule has 0 bridgehead atoms. The number of benzene rings is 2. The average molecular weight is 540 g/mol. The number of nitrogens with zero attached hydrogens (tertiary/aromatic N) is 3. The van der Waals surface area contributed by atoms with Gasteiger partial charge in [0.15, 0.2) is 0 Å². The van der Waals surface area contributed by atoms with Crippen molar-refractivity contribution in [2.24, 2.45) is 0 Å². The standard InChI is InChI=1S/C27H27ClFN5O4/c1-37-23-5-4-19(29)10-18(23)12-30-24(35)15-34-14-17-3-2-16(11-21(17)26(34)36)25-22(28)13-31-27(33-25)32-20-6-8-38-9-7-20/h2-5,10-11,13,20H,6-9,12,14-15H2,1H3,(H,30,35)(H,31,32,33). The summed E-state index contributed by atoms with van der Waals surface area (Å²) in [5, 5.41) is 6.44. The molecule has 11 heteroatoms. The molecule has 1 fully saturated rings. The normalized spacial score (nSPS) is 15.3. The van der Waals surface area contributed by atoms with E-state index in [1.807, 2.05) is 12.1 Å². The molecule has 0 aliphatic carbocycles. The summed E-state index contributed by atoms with van der Waals surface area (Å²) in [6.07, 6.45) is 3.28. The maximum Gasteiger partial charge on any atom is 0.254 e. The number of fused-ring (bicyclic) bond motifs is 1. The van der Waals surface area contributed by atoms with Crippen LogP contribution in [0.4, 0.5) is 10.3 Å². The van der Waals surface area contributed by atoms with Crippen LogP contribution in [0.25, 0.3) is 11.3 Å². The van der Waals surface area contributed by atoms with Gasteiger partial charge in [-0.2, -0.15) is 0 Å². The first-order valence-electron chi connectivity index (χ1n) is 12.3. The van der Waals surface area contributed by atoms with E-state index in [4.69, 9.17) is 21.1 Å². The van der Waals surface area contributed by atoms with Gasteiger partial charge in [-0.1, -0.05) is 23.7 Å². The molecule has 2 aromatic carbocycles. The Morgan fingerprint density at radius 2 is 2.05 bits per heavy atom. The number of ether oxygens (including phenoxy) is 2. The lowest BCUT2D eigenvalue weighted by Gasteiger charge is -2.23. The Bertz CT molecular complexity index is 1370. The van der Waals surface area contributed by atoms with E-state index in [1.54, 1.807) is 12.3 Å². The molecule has 9 nitrogen and oxygen atoms in total. The summed E-state index contributed by atoms with van der Waals surface area (Å²) in [5.74, 6) is -0.104. The van der Waals surface area contributed by atoms with E-state index in [0.717, 1.165) is 18.4 Å². The number of carbonyl (C=O) groups excluding carboxylic acids is 2. The average Bonchev–Trinajstić information content (AvgIpc) is 3.23. The summed E-state index contributed by atoms with van der Waals surface area (Å²) in [6.45, 7) is 1.64. The van der Waals surface area contributed by atoms with Gasteiger partial charge in [0.05, 0.1) is 24.0 Å². The molecule has 2 aliphatic rings. The number of amides is 2. The van der Waals surface area contributed by atoms with Crippen molar-refractivity contribution in [1.29, 1.82) is 0 Å². The van der Waals surface area contributed by atoms with Gasteiger partial charge in [0.1, 0.15) is 18.1 Å².